The Balaban J connectivity index is 1.97. The third kappa shape index (κ3) is 8.16. The number of amides is 1. The van der Waals surface area contributed by atoms with Crippen LogP contribution in [0.3, 0.4) is 0 Å². The number of thiocarbonyl (C=S) groups is 1. The molecule has 0 unspecified atom stereocenters. The van der Waals surface area contributed by atoms with E-state index < -0.39 is 15.6 Å². The maximum Gasteiger partial charge on any atom is 0.257 e. The number of unbranched alkanes of at least 4 members (excludes halogenated alkanes) is 1. The van der Waals surface area contributed by atoms with Crippen molar-refractivity contribution in [1.82, 2.24) is 10.0 Å². The van der Waals surface area contributed by atoms with Crippen molar-refractivity contribution in [2.75, 3.05) is 11.9 Å². The van der Waals surface area contributed by atoms with Crippen molar-refractivity contribution < 1.29 is 17.9 Å². The fourth-order valence-corrected chi connectivity index (χ4v) is 4.72. The molecule has 2 rings (SSSR count). The van der Waals surface area contributed by atoms with Crippen molar-refractivity contribution in [3.05, 3.63) is 52.5 Å². The molecule has 0 saturated heterocycles. The first-order valence-electron chi connectivity index (χ1n) is 10.1. The van der Waals surface area contributed by atoms with Gasteiger partial charge in [0.25, 0.3) is 5.91 Å². The Kier molecular flexibility index (Phi) is 9.20. The van der Waals surface area contributed by atoms with Gasteiger partial charge < -0.3 is 10.1 Å². The summed E-state index contributed by atoms with van der Waals surface area (Å²) in [4.78, 5) is 12.6. The molecule has 174 valence electrons. The first kappa shape index (κ1) is 26.2. The average molecular weight is 543 g/mol. The second kappa shape index (κ2) is 11.2. The monoisotopic (exact) mass is 541 g/mol. The van der Waals surface area contributed by atoms with E-state index in [1.54, 1.807) is 51.1 Å². The minimum absolute atomic E-state index is 0.0952. The van der Waals surface area contributed by atoms with Crippen LogP contribution in [0.5, 0.6) is 5.75 Å². The van der Waals surface area contributed by atoms with Gasteiger partial charge in [0.15, 0.2) is 5.11 Å². The number of halogens is 1. The number of ether oxygens (including phenoxy) is 1. The van der Waals surface area contributed by atoms with Crippen LogP contribution in [0.25, 0.3) is 0 Å². The van der Waals surface area contributed by atoms with Gasteiger partial charge in [0.05, 0.1) is 16.0 Å². The highest BCUT2D eigenvalue weighted by atomic mass is 79.9. The Bertz CT molecular complexity index is 1070. The Morgan fingerprint density at radius 3 is 2.34 bits per heavy atom. The minimum Gasteiger partial charge on any atom is -0.492 e. The molecule has 2 aromatic carbocycles. The summed E-state index contributed by atoms with van der Waals surface area (Å²) in [6.45, 7) is 8.01. The molecule has 2 aromatic rings. The van der Waals surface area contributed by atoms with Crippen molar-refractivity contribution >= 4 is 54.9 Å². The molecule has 0 aliphatic heterocycles. The molecule has 0 atom stereocenters. The van der Waals surface area contributed by atoms with E-state index in [1.165, 1.54) is 12.1 Å². The zero-order chi connectivity index (χ0) is 23.9. The molecular weight excluding hydrogens is 514 g/mol. The van der Waals surface area contributed by atoms with Gasteiger partial charge in [-0.15, -0.1) is 0 Å². The SMILES string of the molecule is CCCCOc1ccc(C(=O)NC(=S)Nc2ccc(S(=O)(=O)NC(C)(C)C)cc2)cc1Br. The number of sulfonamides is 1. The first-order valence-corrected chi connectivity index (χ1v) is 12.8. The topological polar surface area (TPSA) is 96.5 Å². The summed E-state index contributed by atoms with van der Waals surface area (Å²) in [5, 5.41) is 5.58. The first-order chi connectivity index (χ1) is 14.9. The molecule has 0 fully saturated rings. The van der Waals surface area contributed by atoms with E-state index in [0.29, 0.717) is 28.1 Å². The summed E-state index contributed by atoms with van der Waals surface area (Å²) in [7, 11) is -3.63. The van der Waals surface area contributed by atoms with Crippen LogP contribution in [0.1, 0.15) is 50.9 Å². The number of hydrogen-bond donors (Lipinski definition) is 3. The second-order valence-electron chi connectivity index (χ2n) is 8.14. The number of carbonyl (C=O) groups excluding carboxylic acids is 1. The summed E-state index contributed by atoms with van der Waals surface area (Å²) in [6, 6.07) is 11.1. The van der Waals surface area contributed by atoms with Crippen LogP contribution in [0.4, 0.5) is 5.69 Å². The molecular formula is C22H28BrN3O4S2. The summed E-state index contributed by atoms with van der Waals surface area (Å²) in [5.74, 6) is 0.295. The molecule has 0 saturated carbocycles. The number of anilines is 1. The van der Waals surface area contributed by atoms with Crippen molar-refractivity contribution in [3.63, 3.8) is 0 Å². The van der Waals surface area contributed by atoms with Gasteiger partial charge in [-0.05, 0) is 97.8 Å². The zero-order valence-corrected chi connectivity index (χ0v) is 21.7. The van der Waals surface area contributed by atoms with Gasteiger partial charge in [0.2, 0.25) is 10.0 Å². The number of nitrogens with one attached hydrogen (secondary N) is 3. The van der Waals surface area contributed by atoms with Crippen molar-refractivity contribution in [2.45, 2.75) is 51.0 Å². The van der Waals surface area contributed by atoms with Crippen molar-refractivity contribution in [1.29, 1.82) is 0 Å². The van der Waals surface area contributed by atoms with Crippen LogP contribution in [-0.4, -0.2) is 31.6 Å². The number of rotatable bonds is 8. The van der Waals surface area contributed by atoms with Crippen LogP contribution in [-0.2, 0) is 10.0 Å². The van der Waals surface area contributed by atoms with E-state index in [9.17, 15) is 13.2 Å². The van der Waals surface area contributed by atoms with Crippen LogP contribution in [0, 0.1) is 0 Å². The van der Waals surface area contributed by atoms with E-state index >= 15 is 0 Å². The predicted octanol–water partition coefficient (Wildman–Crippen LogP) is 4.83. The van der Waals surface area contributed by atoms with E-state index in [2.05, 4.69) is 38.2 Å². The third-order valence-corrected chi connectivity index (χ3v) is 6.64. The number of carbonyl (C=O) groups is 1. The molecule has 0 aromatic heterocycles. The van der Waals surface area contributed by atoms with Crippen LogP contribution >= 0.6 is 28.1 Å². The molecule has 7 nitrogen and oxygen atoms in total. The quantitative estimate of drug-likeness (QED) is 0.327. The summed E-state index contributed by atoms with van der Waals surface area (Å²) < 4.78 is 33.7. The number of benzene rings is 2. The van der Waals surface area contributed by atoms with Gasteiger partial charge >= 0.3 is 0 Å². The van der Waals surface area contributed by atoms with Crippen molar-refractivity contribution in [2.24, 2.45) is 0 Å². The van der Waals surface area contributed by atoms with Gasteiger partial charge in [-0.25, -0.2) is 13.1 Å². The maximum atomic E-state index is 12.5. The lowest BCUT2D eigenvalue weighted by atomic mass is 10.1. The van der Waals surface area contributed by atoms with E-state index in [0.717, 1.165) is 12.8 Å². The molecule has 10 heteroatoms. The predicted molar refractivity (Wildman–Crippen MR) is 135 cm³/mol. The molecule has 0 radical (unpaired) electrons. The van der Waals surface area contributed by atoms with Crippen LogP contribution in [0.15, 0.2) is 51.8 Å². The largest absolute Gasteiger partial charge is 0.492 e. The minimum atomic E-state index is -3.63. The number of hydrogen-bond acceptors (Lipinski definition) is 5. The highest BCUT2D eigenvalue weighted by Gasteiger charge is 2.21. The van der Waals surface area contributed by atoms with Crippen LogP contribution < -0.4 is 20.1 Å². The lowest BCUT2D eigenvalue weighted by molar-refractivity contribution is 0.0977. The summed E-state index contributed by atoms with van der Waals surface area (Å²) in [5.41, 5.74) is 0.376. The van der Waals surface area contributed by atoms with Gasteiger partial charge in [-0.3, -0.25) is 10.1 Å². The lowest BCUT2D eigenvalue weighted by Crippen LogP contribution is -2.40. The molecule has 3 N–H and O–H groups in total. The molecule has 0 aliphatic carbocycles. The molecule has 32 heavy (non-hydrogen) atoms. The normalized spacial score (nSPS) is 11.7. The van der Waals surface area contributed by atoms with E-state index in [-0.39, 0.29) is 15.9 Å². The van der Waals surface area contributed by atoms with Gasteiger partial charge in [0.1, 0.15) is 5.75 Å². The fraction of sp³-hybridized carbons (Fsp3) is 0.364. The Morgan fingerprint density at radius 2 is 1.78 bits per heavy atom. The van der Waals surface area contributed by atoms with Gasteiger partial charge in [-0.1, -0.05) is 13.3 Å². The standard InChI is InChI=1S/C22H28BrN3O4S2/c1-5-6-13-30-19-12-7-15(14-18(19)23)20(27)25-21(31)24-16-8-10-17(11-9-16)32(28,29)26-22(2,3)4/h7-12,14,26H,5-6,13H2,1-4H3,(H2,24,25,27,31). The smallest absolute Gasteiger partial charge is 0.257 e. The highest BCUT2D eigenvalue weighted by Crippen LogP contribution is 2.26. The fourth-order valence-electron chi connectivity index (χ4n) is 2.60. The van der Waals surface area contributed by atoms with Crippen LogP contribution in [0.2, 0.25) is 0 Å². The van der Waals surface area contributed by atoms with Gasteiger partial charge in [-0.2, -0.15) is 0 Å². The summed E-state index contributed by atoms with van der Waals surface area (Å²) in [6.07, 6.45) is 1.99. The lowest BCUT2D eigenvalue weighted by Gasteiger charge is -2.20. The Morgan fingerprint density at radius 1 is 1.12 bits per heavy atom. The van der Waals surface area contributed by atoms with E-state index in [1.807, 2.05) is 0 Å². The molecule has 1 amide bonds. The maximum absolute atomic E-state index is 12.5. The second-order valence-corrected chi connectivity index (χ2v) is 11.1. The van der Waals surface area contributed by atoms with Crippen molar-refractivity contribution in [3.8, 4) is 5.75 Å². The van der Waals surface area contributed by atoms with E-state index in [4.69, 9.17) is 17.0 Å². The molecule has 0 bridgehead atoms. The highest BCUT2D eigenvalue weighted by molar-refractivity contribution is 9.10. The zero-order valence-electron chi connectivity index (χ0n) is 18.5. The Hall–Kier alpha value is -2.01. The molecule has 0 spiro atoms. The third-order valence-electron chi connectivity index (χ3n) is 4.04. The van der Waals surface area contributed by atoms with Gasteiger partial charge in [0, 0.05) is 16.8 Å². The average Bonchev–Trinajstić information content (AvgIpc) is 2.67. The summed E-state index contributed by atoms with van der Waals surface area (Å²) >= 11 is 8.63. The Labute approximate surface area is 203 Å². The molecule has 0 heterocycles. The molecule has 0 aliphatic rings.